The average Bonchev–Trinajstić information content (AvgIpc) is 3.11. The highest BCUT2D eigenvalue weighted by atomic mass is 16.5. The molecule has 0 bridgehead atoms. The van der Waals surface area contributed by atoms with Crippen LogP contribution in [0.15, 0.2) is 0 Å². The van der Waals surface area contributed by atoms with Gasteiger partial charge in [-0.15, -0.1) is 0 Å². The quantitative estimate of drug-likeness (QED) is 0.720. The SMILES string of the molecule is COC(=O)CC1NCCC(C)N(C2CC2)C1=O. The number of methoxy groups -OCH3 is 1. The summed E-state index contributed by atoms with van der Waals surface area (Å²) < 4.78 is 4.63. The van der Waals surface area contributed by atoms with Gasteiger partial charge in [-0.25, -0.2) is 0 Å². The lowest BCUT2D eigenvalue weighted by Gasteiger charge is -2.29. The summed E-state index contributed by atoms with van der Waals surface area (Å²) in [5, 5.41) is 3.15. The van der Waals surface area contributed by atoms with E-state index in [0.717, 1.165) is 25.8 Å². The number of hydrogen-bond donors (Lipinski definition) is 1. The lowest BCUT2D eigenvalue weighted by atomic mass is 10.1. The number of amides is 1. The zero-order valence-electron chi connectivity index (χ0n) is 10.4. The van der Waals surface area contributed by atoms with Gasteiger partial charge in [0.2, 0.25) is 5.91 Å². The molecule has 1 aliphatic carbocycles. The Labute approximate surface area is 101 Å². The lowest BCUT2D eigenvalue weighted by molar-refractivity contribution is -0.145. The number of carbonyl (C=O) groups is 2. The number of esters is 1. The molecule has 1 N–H and O–H groups in total. The normalized spacial score (nSPS) is 30.0. The Hall–Kier alpha value is -1.10. The van der Waals surface area contributed by atoms with E-state index in [9.17, 15) is 9.59 Å². The summed E-state index contributed by atoms with van der Waals surface area (Å²) in [6, 6.07) is 0.260. The molecule has 17 heavy (non-hydrogen) atoms. The zero-order valence-corrected chi connectivity index (χ0v) is 10.4. The number of rotatable bonds is 3. The Bertz CT molecular complexity index is 315. The third-order valence-corrected chi connectivity index (χ3v) is 3.52. The first kappa shape index (κ1) is 12.4. The molecule has 0 radical (unpaired) electrons. The van der Waals surface area contributed by atoms with E-state index in [2.05, 4.69) is 17.0 Å². The Morgan fingerprint density at radius 1 is 1.47 bits per heavy atom. The van der Waals surface area contributed by atoms with Gasteiger partial charge in [0.1, 0.15) is 0 Å². The molecule has 1 saturated heterocycles. The number of carbonyl (C=O) groups excluding carboxylic acids is 2. The van der Waals surface area contributed by atoms with Crippen LogP contribution in [-0.4, -0.2) is 48.6 Å². The minimum Gasteiger partial charge on any atom is -0.469 e. The van der Waals surface area contributed by atoms with E-state index < -0.39 is 6.04 Å². The fraction of sp³-hybridized carbons (Fsp3) is 0.833. The van der Waals surface area contributed by atoms with Crippen LogP contribution in [0.5, 0.6) is 0 Å². The molecule has 5 nitrogen and oxygen atoms in total. The topological polar surface area (TPSA) is 58.6 Å². The van der Waals surface area contributed by atoms with Crippen LogP contribution in [0.2, 0.25) is 0 Å². The predicted octanol–water partition coefficient (Wildman–Crippen LogP) is 0.291. The summed E-state index contributed by atoms with van der Waals surface area (Å²) >= 11 is 0. The van der Waals surface area contributed by atoms with E-state index in [1.54, 1.807) is 0 Å². The molecule has 1 heterocycles. The molecular weight excluding hydrogens is 220 g/mol. The molecule has 0 aromatic heterocycles. The van der Waals surface area contributed by atoms with Crippen molar-refractivity contribution < 1.29 is 14.3 Å². The van der Waals surface area contributed by atoms with Crippen molar-refractivity contribution in [3.05, 3.63) is 0 Å². The van der Waals surface area contributed by atoms with Gasteiger partial charge < -0.3 is 15.0 Å². The second kappa shape index (κ2) is 5.04. The predicted molar refractivity (Wildman–Crippen MR) is 62.4 cm³/mol. The van der Waals surface area contributed by atoms with Crippen LogP contribution in [0.25, 0.3) is 0 Å². The summed E-state index contributed by atoms with van der Waals surface area (Å²) in [7, 11) is 1.35. The molecule has 1 saturated carbocycles. The van der Waals surface area contributed by atoms with Gasteiger partial charge in [0, 0.05) is 12.1 Å². The standard InChI is InChI=1S/C12H20N2O3/c1-8-5-6-13-10(7-11(15)17-2)12(16)14(8)9-3-4-9/h8-10,13H,3-7H2,1-2H3. The highest BCUT2D eigenvalue weighted by Crippen LogP contribution is 2.31. The molecule has 0 aromatic rings. The van der Waals surface area contributed by atoms with Crippen molar-refractivity contribution in [2.75, 3.05) is 13.7 Å². The maximum atomic E-state index is 12.3. The highest BCUT2D eigenvalue weighted by molar-refractivity contribution is 5.87. The Kier molecular flexibility index (Phi) is 3.66. The molecule has 2 unspecified atom stereocenters. The van der Waals surface area contributed by atoms with E-state index in [-0.39, 0.29) is 24.3 Å². The summed E-state index contributed by atoms with van der Waals surface area (Å²) in [6.45, 7) is 2.86. The van der Waals surface area contributed by atoms with Crippen LogP contribution in [0.4, 0.5) is 0 Å². The Morgan fingerprint density at radius 3 is 2.76 bits per heavy atom. The van der Waals surface area contributed by atoms with Crippen molar-refractivity contribution in [3.8, 4) is 0 Å². The first-order valence-corrected chi connectivity index (χ1v) is 6.26. The van der Waals surface area contributed by atoms with Gasteiger partial charge in [-0.1, -0.05) is 0 Å². The molecule has 5 heteroatoms. The van der Waals surface area contributed by atoms with Gasteiger partial charge in [0.25, 0.3) is 0 Å². The molecule has 2 fully saturated rings. The maximum Gasteiger partial charge on any atom is 0.307 e. The second-order valence-electron chi connectivity index (χ2n) is 4.90. The molecule has 2 aliphatic rings. The molecule has 2 rings (SSSR count). The van der Waals surface area contributed by atoms with Crippen molar-refractivity contribution in [1.29, 1.82) is 0 Å². The largest absolute Gasteiger partial charge is 0.469 e. The van der Waals surface area contributed by atoms with Crippen molar-refractivity contribution in [2.24, 2.45) is 0 Å². The zero-order chi connectivity index (χ0) is 12.4. The number of nitrogens with one attached hydrogen (secondary N) is 1. The lowest BCUT2D eigenvalue weighted by Crippen LogP contribution is -2.47. The summed E-state index contributed by atoms with van der Waals surface area (Å²) in [5.74, 6) is -0.274. The van der Waals surface area contributed by atoms with Crippen molar-refractivity contribution in [1.82, 2.24) is 10.2 Å². The third-order valence-electron chi connectivity index (χ3n) is 3.52. The smallest absolute Gasteiger partial charge is 0.307 e. The number of nitrogens with zero attached hydrogens (tertiary/aromatic N) is 1. The van der Waals surface area contributed by atoms with Gasteiger partial charge >= 0.3 is 5.97 Å². The van der Waals surface area contributed by atoms with Gasteiger partial charge in [-0.3, -0.25) is 9.59 Å². The number of ether oxygens (including phenoxy) is 1. The van der Waals surface area contributed by atoms with Crippen LogP contribution in [0, 0.1) is 0 Å². The molecule has 0 aromatic carbocycles. The third kappa shape index (κ3) is 2.77. The van der Waals surface area contributed by atoms with Crippen LogP contribution in [-0.2, 0) is 14.3 Å². The van der Waals surface area contributed by atoms with Gasteiger partial charge in [0.15, 0.2) is 0 Å². The molecule has 96 valence electrons. The van der Waals surface area contributed by atoms with Crippen molar-refractivity contribution in [2.45, 2.75) is 50.7 Å². The Balaban J connectivity index is 2.06. The summed E-state index contributed by atoms with van der Waals surface area (Å²) in [6.07, 6.45) is 3.27. The first-order valence-electron chi connectivity index (χ1n) is 6.26. The minimum absolute atomic E-state index is 0.0582. The Morgan fingerprint density at radius 2 is 2.18 bits per heavy atom. The second-order valence-corrected chi connectivity index (χ2v) is 4.90. The monoisotopic (exact) mass is 240 g/mol. The highest BCUT2D eigenvalue weighted by Gasteiger charge is 2.40. The molecule has 1 aliphatic heterocycles. The maximum absolute atomic E-state index is 12.3. The van der Waals surface area contributed by atoms with Gasteiger partial charge in [-0.05, 0) is 32.7 Å². The number of hydrogen-bond acceptors (Lipinski definition) is 4. The van der Waals surface area contributed by atoms with E-state index in [1.807, 2.05) is 4.90 Å². The fourth-order valence-electron chi connectivity index (χ4n) is 2.39. The molecular formula is C12H20N2O3. The molecule has 2 atom stereocenters. The van der Waals surface area contributed by atoms with E-state index in [1.165, 1.54) is 7.11 Å². The minimum atomic E-state index is -0.409. The fourth-order valence-corrected chi connectivity index (χ4v) is 2.39. The summed E-state index contributed by atoms with van der Waals surface area (Å²) in [5.41, 5.74) is 0. The van der Waals surface area contributed by atoms with E-state index >= 15 is 0 Å². The van der Waals surface area contributed by atoms with E-state index in [4.69, 9.17) is 0 Å². The van der Waals surface area contributed by atoms with E-state index in [0.29, 0.717) is 6.04 Å². The molecule has 1 amide bonds. The van der Waals surface area contributed by atoms with Gasteiger partial charge in [0.05, 0.1) is 19.6 Å². The average molecular weight is 240 g/mol. The summed E-state index contributed by atoms with van der Waals surface area (Å²) in [4.78, 5) is 25.6. The van der Waals surface area contributed by atoms with Crippen LogP contribution < -0.4 is 5.32 Å². The molecule has 0 spiro atoms. The van der Waals surface area contributed by atoms with Gasteiger partial charge in [-0.2, -0.15) is 0 Å². The van der Waals surface area contributed by atoms with Crippen LogP contribution in [0.3, 0.4) is 0 Å². The van der Waals surface area contributed by atoms with Crippen molar-refractivity contribution in [3.63, 3.8) is 0 Å². The van der Waals surface area contributed by atoms with Crippen LogP contribution in [0.1, 0.15) is 32.6 Å². The van der Waals surface area contributed by atoms with Crippen LogP contribution >= 0.6 is 0 Å². The first-order chi connectivity index (χ1) is 8.13. The van der Waals surface area contributed by atoms with Crippen molar-refractivity contribution >= 4 is 11.9 Å².